The van der Waals surface area contributed by atoms with Gasteiger partial charge in [0.15, 0.2) is 5.96 Å². The number of aryl methyl sites for hydroxylation is 1. The van der Waals surface area contributed by atoms with Crippen molar-refractivity contribution < 1.29 is 18.7 Å². The van der Waals surface area contributed by atoms with E-state index in [-0.39, 0.29) is 24.0 Å². The molecule has 9 heteroatoms. The van der Waals surface area contributed by atoms with E-state index in [0.717, 1.165) is 0 Å². The lowest BCUT2D eigenvalue weighted by atomic mass is 9.74. The summed E-state index contributed by atoms with van der Waals surface area (Å²) >= 11 is 0. The van der Waals surface area contributed by atoms with E-state index in [1.807, 2.05) is 0 Å². The average molecular weight is 385 g/mol. The number of aliphatic imine (C=N–C) groups is 1. The smallest absolute Gasteiger partial charge is 0.240 e. The number of nitrogens with zero attached hydrogens (tertiary/aromatic N) is 4. The van der Waals surface area contributed by atoms with Crippen molar-refractivity contribution in [2.75, 3.05) is 20.3 Å². The van der Waals surface area contributed by atoms with Gasteiger partial charge in [-0.2, -0.15) is 0 Å². The van der Waals surface area contributed by atoms with Gasteiger partial charge in [-0.3, -0.25) is 14.7 Å². The Morgan fingerprint density at radius 2 is 2.14 bits per heavy atom. The van der Waals surface area contributed by atoms with E-state index in [2.05, 4.69) is 15.0 Å². The highest BCUT2D eigenvalue weighted by Crippen LogP contribution is 2.44. The third-order valence-electron chi connectivity index (χ3n) is 5.19. The van der Waals surface area contributed by atoms with Crippen LogP contribution in [0.4, 0.5) is 4.39 Å². The highest BCUT2D eigenvalue weighted by molar-refractivity contribution is 6.00. The fourth-order valence-corrected chi connectivity index (χ4v) is 3.66. The molecule has 4 rings (SSSR count). The van der Waals surface area contributed by atoms with Gasteiger partial charge in [-0.15, -0.1) is 0 Å². The summed E-state index contributed by atoms with van der Waals surface area (Å²) in [5, 5.41) is 0. The first kappa shape index (κ1) is 18.3. The van der Waals surface area contributed by atoms with Crippen LogP contribution in [0.3, 0.4) is 0 Å². The molecule has 0 saturated carbocycles. The van der Waals surface area contributed by atoms with Gasteiger partial charge < -0.3 is 15.2 Å². The summed E-state index contributed by atoms with van der Waals surface area (Å²) in [6, 6.07) is 4.30. The Morgan fingerprint density at radius 3 is 2.93 bits per heavy atom. The van der Waals surface area contributed by atoms with Crippen molar-refractivity contribution in [3.63, 3.8) is 0 Å². The fraction of sp³-hybridized carbons (Fsp3) is 0.368. The Hall–Kier alpha value is -3.07. The van der Waals surface area contributed by atoms with Crippen LogP contribution < -0.4 is 10.5 Å². The summed E-state index contributed by atoms with van der Waals surface area (Å²) in [6.07, 6.45) is 3.49. The van der Waals surface area contributed by atoms with Crippen LogP contribution in [-0.4, -0.2) is 47.0 Å². The lowest BCUT2D eigenvalue weighted by molar-refractivity contribution is -0.140. The Morgan fingerprint density at radius 1 is 1.36 bits per heavy atom. The van der Waals surface area contributed by atoms with Crippen LogP contribution in [-0.2, 0) is 15.1 Å². The predicted molar refractivity (Wildman–Crippen MR) is 98.2 cm³/mol. The molecular weight excluding hydrogens is 365 g/mol. The van der Waals surface area contributed by atoms with Gasteiger partial charge in [-0.25, -0.2) is 14.4 Å². The van der Waals surface area contributed by atoms with Crippen LogP contribution in [0.5, 0.6) is 11.6 Å². The number of nitrogens with two attached hydrogens (primary N) is 1. The van der Waals surface area contributed by atoms with Gasteiger partial charge in [0.1, 0.15) is 17.1 Å². The van der Waals surface area contributed by atoms with Gasteiger partial charge in [-0.1, -0.05) is 0 Å². The van der Waals surface area contributed by atoms with Gasteiger partial charge in [-0.05, 0) is 31.5 Å². The van der Waals surface area contributed by atoms with Crippen molar-refractivity contribution in [2.24, 2.45) is 16.6 Å². The van der Waals surface area contributed by atoms with E-state index in [9.17, 15) is 9.18 Å². The molecule has 8 nitrogen and oxygen atoms in total. The monoisotopic (exact) mass is 385 g/mol. The van der Waals surface area contributed by atoms with Gasteiger partial charge in [0.2, 0.25) is 11.8 Å². The molecule has 1 saturated heterocycles. The summed E-state index contributed by atoms with van der Waals surface area (Å²) in [7, 11) is 1.56. The molecule has 0 aliphatic carbocycles. The molecule has 0 radical (unpaired) electrons. The standard InChI is InChI=1S/C19H20FN5O3/c1-11-16(23-7-6-22-11)28-12-3-4-15(20)14(9-12)19-10-27-8-5-13(19)17(26)25(2)18(21)24-19/h3-4,6-7,9,13H,5,8,10H2,1-2H3,(H2,21,24). The maximum atomic E-state index is 14.9. The third kappa shape index (κ3) is 2.88. The molecule has 1 amide bonds. The zero-order valence-corrected chi connectivity index (χ0v) is 15.6. The Bertz CT molecular complexity index is 966. The molecule has 1 aromatic heterocycles. The maximum absolute atomic E-state index is 14.9. The van der Waals surface area contributed by atoms with Crippen LogP contribution >= 0.6 is 0 Å². The van der Waals surface area contributed by atoms with Crippen molar-refractivity contribution in [2.45, 2.75) is 18.9 Å². The molecule has 2 N–H and O–H groups in total. The Labute approximate surface area is 161 Å². The molecule has 0 bridgehead atoms. The number of amides is 1. The van der Waals surface area contributed by atoms with Crippen molar-refractivity contribution in [3.8, 4) is 11.6 Å². The minimum Gasteiger partial charge on any atom is -0.437 e. The van der Waals surface area contributed by atoms with Gasteiger partial charge >= 0.3 is 0 Å². The molecule has 146 valence electrons. The molecule has 0 spiro atoms. The van der Waals surface area contributed by atoms with E-state index in [0.29, 0.717) is 30.4 Å². The van der Waals surface area contributed by atoms with Crippen LogP contribution in [0.15, 0.2) is 35.6 Å². The minimum atomic E-state index is -1.23. The molecule has 28 heavy (non-hydrogen) atoms. The van der Waals surface area contributed by atoms with Crippen molar-refractivity contribution in [1.29, 1.82) is 0 Å². The molecule has 3 heterocycles. The largest absolute Gasteiger partial charge is 0.437 e. The summed E-state index contributed by atoms with van der Waals surface area (Å²) in [5.74, 6) is -0.571. The van der Waals surface area contributed by atoms with Crippen LogP contribution in [0.1, 0.15) is 17.7 Å². The molecule has 1 fully saturated rings. The van der Waals surface area contributed by atoms with E-state index in [1.165, 1.54) is 29.3 Å². The first-order valence-electron chi connectivity index (χ1n) is 8.88. The van der Waals surface area contributed by atoms with Gasteiger partial charge in [0.05, 0.1) is 18.2 Å². The quantitative estimate of drug-likeness (QED) is 0.863. The molecule has 2 unspecified atom stereocenters. The maximum Gasteiger partial charge on any atom is 0.240 e. The number of guanidine groups is 1. The fourth-order valence-electron chi connectivity index (χ4n) is 3.66. The highest BCUT2D eigenvalue weighted by Gasteiger charge is 2.52. The molecular formula is C19H20FN5O3. The SMILES string of the molecule is Cc1nccnc1Oc1ccc(F)c(C23COCCC2C(=O)N(C)C(N)=N3)c1. The summed E-state index contributed by atoms with van der Waals surface area (Å²) in [4.78, 5) is 26.9. The number of rotatable bonds is 3. The van der Waals surface area contributed by atoms with Crippen molar-refractivity contribution >= 4 is 11.9 Å². The lowest BCUT2D eigenvalue weighted by Gasteiger charge is -2.45. The summed E-state index contributed by atoms with van der Waals surface area (Å²) in [6.45, 7) is 2.22. The zero-order valence-electron chi connectivity index (χ0n) is 15.6. The van der Waals surface area contributed by atoms with Gasteiger partial charge in [0, 0.05) is 31.6 Å². The number of halogens is 1. The first-order chi connectivity index (χ1) is 13.4. The number of benzene rings is 1. The van der Waals surface area contributed by atoms with E-state index < -0.39 is 17.3 Å². The number of aromatic nitrogens is 2. The second-order valence-electron chi connectivity index (χ2n) is 6.88. The second-order valence-corrected chi connectivity index (χ2v) is 6.88. The number of hydrogen-bond donors (Lipinski definition) is 1. The van der Waals surface area contributed by atoms with Crippen LogP contribution in [0.2, 0.25) is 0 Å². The molecule has 2 aliphatic rings. The summed E-state index contributed by atoms with van der Waals surface area (Å²) in [5.41, 5.74) is 5.54. The van der Waals surface area contributed by atoms with E-state index in [4.69, 9.17) is 15.2 Å². The number of hydrogen-bond acceptors (Lipinski definition) is 7. The zero-order chi connectivity index (χ0) is 19.9. The predicted octanol–water partition coefficient (Wildman–Crippen LogP) is 1.73. The number of carbonyl (C=O) groups excluding carboxylic acids is 1. The molecule has 2 aromatic rings. The van der Waals surface area contributed by atoms with Crippen LogP contribution in [0, 0.1) is 18.7 Å². The molecule has 2 aliphatic heterocycles. The van der Waals surface area contributed by atoms with Gasteiger partial charge in [0.25, 0.3) is 0 Å². The lowest BCUT2D eigenvalue weighted by Crippen LogP contribution is -2.58. The number of carbonyl (C=O) groups is 1. The summed E-state index contributed by atoms with van der Waals surface area (Å²) < 4.78 is 26.3. The van der Waals surface area contributed by atoms with E-state index >= 15 is 0 Å². The van der Waals surface area contributed by atoms with E-state index in [1.54, 1.807) is 20.2 Å². The van der Waals surface area contributed by atoms with Crippen molar-refractivity contribution in [3.05, 3.63) is 47.7 Å². The number of fused-ring (bicyclic) bond motifs is 1. The topological polar surface area (TPSA) is 103 Å². The Balaban J connectivity index is 1.81. The number of ether oxygens (including phenoxy) is 2. The van der Waals surface area contributed by atoms with Crippen LogP contribution in [0.25, 0.3) is 0 Å². The highest BCUT2D eigenvalue weighted by atomic mass is 19.1. The minimum absolute atomic E-state index is 0.0299. The third-order valence-corrected chi connectivity index (χ3v) is 5.19. The average Bonchev–Trinajstić information content (AvgIpc) is 2.69. The molecule has 1 aromatic carbocycles. The Kier molecular flexibility index (Phi) is 4.46. The first-order valence-corrected chi connectivity index (χ1v) is 8.88. The van der Waals surface area contributed by atoms with Crippen molar-refractivity contribution in [1.82, 2.24) is 14.9 Å². The molecule has 2 atom stereocenters. The second kappa shape index (κ2) is 6.83. The normalized spacial score (nSPS) is 24.5.